The van der Waals surface area contributed by atoms with Crippen LogP contribution in [0.2, 0.25) is 0 Å². The molecule has 2 heteroatoms. The summed E-state index contributed by atoms with van der Waals surface area (Å²) in [6.45, 7) is 3.83. The molecule has 0 saturated carbocycles. The Morgan fingerprint density at radius 3 is 2.56 bits per heavy atom. The molecule has 0 amide bonds. The van der Waals surface area contributed by atoms with E-state index in [1.807, 2.05) is 23.0 Å². The van der Waals surface area contributed by atoms with Gasteiger partial charge < -0.3 is 0 Å². The van der Waals surface area contributed by atoms with Crippen molar-refractivity contribution >= 4 is 10.8 Å². The summed E-state index contributed by atoms with van der Waals surface area (Å²) >= 11 is 0. The second-order valence-electron chi connectivity index (χ2n) is 4.27. The highest BCUT2D eigenvalue weighted by molar-refractivity contribution is 5.85. The summed E-state index contributed by atoms with van der Waals surface area (Å²) in [5.41, 5.74) is 2.37. The van der Waals surface area contributed by atoms with Gasteiger partial charge in [0.15, 0.2) is 0 Å². The van der Waals surface area contributed by atoms with Crippen LogP contribution in [0, 0.1) is 0 Å². The molecule has 0 spiro atoms. The normalized spacial score (nSPS) is 10.7. The van der Waals surface area contributed by atoms with Crippen LogP contribution < -0.4 is 0 Å². The number of fused-ring (bicyclic) bond motifs is 1. The first kappa shape index (κ1) is 10.8. The molecule has 3 aromatic rings. The molecule has 0 atom stereocenters. The molecule has 1 heterocycles. The highest BCUT2D eigenvalue weighted by Crippen LogP contribution is 2.23. The summed E-state index contributed by atoms with van der Waals surface area (Å²) in [7, 11) is 0. The molecule has 0 aliphatic carbocycles. The van der Waals surface area contributed by atoms with E-state index in [1.54, 1.807) is 6.20 Å². The Bertz CT molecular complexity index is 681. The lowest BCUT2D eigenvalue weighted by Crippen LogP contribution is -1.99. The number of nitrogens with zero attached hydrogens (tertiary/aromatic N) is 2. The van der Waals surface area contributed by atoms with Crippen LogP contribution in [-0.2, 0) is 6.42 Å². The third-order valence-corrected chi connectivity index (χ3v) is 3.06. The van der Waals surface area contributed by atoms with Crippen LogP contribution in [0.4, 0.5) is 0 Å². The van der Waals surface area contributed by atoms with Gasteiger partial charge in [0.05, 0.1) is 5.69 Å². The molecule has 0 saturated heterocycles. The van der Waals surface area contributed by atoms with Gasteiger partial charge >= 0.3 is 0 Å². The Balaban J connectivity index is 2.27. The van der Waals surface area contributed by atoms with E-state index in [2.05, 4.69) is 48.1 Å². The number of hydrogen-bond donors (Lipinski definition) is 0. The fourth-order valence-electron chi connectivity index (χ4n) is 2.22. The first-order valence-corrected chi connectivity index (χ1v) is 6.01. The first-order valence-electron chi connectivity index (χ1n) is 6.01. The predicted molar refractivity (Wildman–Crippen MR) is 75.0 cm³/mol. The summed E-state index contributed by atoms with van der Waals surface area (Å²) in [6, 6.07) is 14.7. The lowest BCUT2D eigenvalue weighted by Gasteiger charge is -2.10. The fourth-order valence-corrected chi connectivity index (χ4v) is 2.22. The van der Waals surface area contributed by atoms with Crippen molar-refractivity contribution in [1.29, 1.82) is 0 Å². The second kappa shape index (κ2) is 4.49. The van der Waals surface area contributed by atoms with Crippen LogP contribution in [0.25, 0.3) is 16.5 Å². The topological polar surface area (TPSA) is 17.8 Å². The van der Waals surface area contributed by atoms with E-state index in [4.69, 9.17) is 0 Å². The molecule has 0 N–H and O–H groups in total. The standard InChI is InChI=1S/C16H14N2/c1-2-6-15-11-13-7-3-4-8-14(13)12-16(15)18-10-5-9-17-18/h2-5,7-12H,1,6H2. The second-order valence-corrected chi connectivity index (χ2v) is 4.27. The highest BCUT2D eigenvalue weighted by atomic mass is 15.3. The molecular weight excluding hydrogens is 220 g/mol. The smallest absolute Gasteiger partial charge is 0.0687 e. The zero-order valence-corrected chi connectivity index (χ0v) is 10.1. The lowest BCUT2D eigenvalue weighted by molar-refractivity contribution is 0.870. The van der Waals surface area contributed by atoms with Gasteiger partial charge in [-0.1, -0.05) is 30.3 Å². The summed E-state index contributed by atoms with van der Waals surface area (Å²) in [5.74, 6) is 0. The van der Waals surface area contributed by atoms with Crippen LogP contribution >= 0.6 is 0 Å². The minimum absolute atomic E-state index is 0.847. The molecule has 0 fully saturated rings. The zero-order chi connectivity index (χ0) is 12.4. The number of rotatable bonds is 3. The predicted octanol–water partition coefficient (Wildman–Crippen LogP) is 3.75. The van der Waals surface area contributed by atoms with E-state index < -0.39 is 0 Å². The highest BCUT2D eigenvalue weighted by Gasteiger charge is 2.06. The van der Waals surface area contributed by atoms with E-state index in [9.17, 15) is 0 Å². The van der Waals surface area contributed by atoms with E-state index >= 15 is 0 Å². The largest absolute Gasteiger partial charge is 0.241 e. The minimum atomic E-state index is 0.847. The number of aromatic nitrogens is 2. The summed E-state index contributed by atoms with van der Waals surface area (Å²) in [6.07, 6.45) is 6.54. The van der Waals surface area contributed by atoms with Crippen molar-refractivity contribution in [3.8, 4) is 5.69 Å². The lowest BCUT2D eigenvalue weighted by atomic mass is 10.0. The van der Waals surface area contributed by atoms with Crippen molar-refractivity contribution in [3.05, 3.63) is 73.1 Å². The van der Waals surface area contributed by atoms with Gasteiger partial charge in [0.2, 0.25) is 0 Å². The molecule has 0 aliphatic heterocycles. The first-order chi connectivity index (χ1) is 8.88. The van der Waals surface area contributed by atoms with Gasteiger partial charge in [0.25, 0.3) is 0 Å². The van der Waals surface area contributed by atoms with E-state index in [0.717, 1.165) is 12.1 Å². The van der Waals surface area contributed by atoms with Gasteiger partial charge in [-0.05, 0) is 41.0 Å². The monoisotopic (exact) mass is 234 g/mol. The minimum Gasteiger partial charge on any atom is -0.241 e. The Hall–Kier alpha value is -2.35. The summed E-state index contributed by atoms with van der Waals surface area (Å²) in [5, 5.41) is 6.81. The molecule has 2 nitrogen and oxygen atoms in total. The van der Waals surface area contributed by atoms with Gasteiger partial charge in [-0.25, -0.2) is 4.68 Å². The van der Waals surface area contributed by atoms with Crippen LogP contribution in [0.3, 0.4) is 0 Å². The van der Waals surface area contributed by atoms with Gasteiger partial charge in [-0.15, -0.1) is 6.58 Å². The molecule has 2 aromatic carbocycles. The average Bonchev–Trinajstić information content (AvgIpc) is 2.92. The van der Waals surface area contributed by atoms with Crippen LogP contribution in [-0.4, -0.2) is 9.78 Å². The van der Waals surface area contributed by atoms with Crippen molar-refractivity contribution in [2.75, 3.05) is 0 Å². The number of allylic oxidation sites excluding steroid dienone is 1. The van der Waals surface area contributed by atoms with Crippen molar-refractivity contribution in [1.82, 2.24) is 9.78 Å². The zero-order valence-electron chi connectivity index (χ0n) is 10.1. The van der Waals surface area contributed by atoms with Gasteiger partial charge in [-0.3, -0.25) is 0 Å². The van der Waals surface area contributed by atoms with Crippen molar-refractivity contribution < 1.29 is 0 Å². The molecule has 0 aliphatic rings. The van der Waals surface area contributed by atoms with Crippen LogP contribution in [0.5, 0.6) is 0 Å². The molecule has 18 heavy (non-hydrogen) atoms. The van der Waals surface area contributed by atoms with E-state index in [-0.39, 0.29) is 0 Å². The maximum Gasteiger partial charge on any atom is 0.0687 e. The Kier molecular flexibility index (Phi) is 2.69. The quantitative estimate of drug-likeness (QED) is 0.631. The number of benzene rings is 2. The average molecular weight is 234 g/mol. The molecule has 88 valence electrons. The van der Waals surface area contributed by atoms with E-state index in [0.29, 0.717) is 0 Å². The van der Waals surface area contributed by atoms with Crippen molar-refractivity contribution in [3.63, 3.8) is 0 Å². The number of hydrogen-bond acceptors (Lipinski definition) is 1. The van der Waals surface area contributed by atoms with Crippen molar-refractivity contribution in [2.45, 2.75) is 6.42 Å². The summed E-state index contributed by atoms with van der Waals surface area (Å²) < 4.78 is 1.91. The fraction of sp³-hybridized carbons (Fsp3) is 0.0625. The van der Waals surface area contributed by atoms with Crippen LogP contribution in [0.15, 0.2) is 67.5 Å². The third kappa shape index (κ3) is 1.82. The van der Waals surface area contributed by atoms with Gasteiger partial charge in [0.1, 0.15) is 0 Å². The third-order valence-electron chi connectivity index (χ3n) is 3.06. The molecule has 0 bridgehead atoms. The van der Waals surface area contributed by atoms with Crippen LogP contribution in [0.1, 0.15) is 5.56 Å². The molecule has 0 unspecified atom stereocenters. The molecular formula is C16H14N2. The maximum absolute atomic E-state index is 4.32. The van der Waals surface area contributed by atoms with E-state index in [1.165, 1.54) is 16.3 Å². The Labute approximate surface area is 106 Å². The molecule has 1 aromatic heterocycles. The molecule has 0 radical (unpaired) electrons. The Morgan fingerprint density at radius 1 is 1.11 bits per heavy atom. The molecule has 3 rings (SSSR count). The van der Waals surface area contributed by atoms with Gasteiger partial charge in [-0.2, -0.15) is 5.10 Å². The SMILES string of the molecule is C=CCc1cc2ccccc2cc1-n1cccn1. The Morgan fingerprint density at radius 2 is 1.89 bits per heavy atom. The van der Waals surface area contributed by atoms with Crippen molar-refractivity contribution in [2.24, 2.45) is 0 Å². The van der Waals surface area contributed by atoms with Gasteiger partial charge in [0, 0.05) is 12.4 Å². The maximum atomic E-state index is 4.32. The summed E-state index contributed by atoms with van der Waals surface area (Å²) in [4.78, 5) is 0.